The van der Waals surface area contributed by atoms with Gasteiger partial charge in [0, 0.05) is 5.69 Å². The summed E-state index contributed by atoms with van der Waals surface area (Å²) in [6, 6.07) is 2.81. The predicted molar refractivity (Wildman–Crippen MR) is 79.8 cm³/mol. The molecular formula is C12H12BF6NO5S. The summed E-state index contributed by atoms with van der Waals surface area (Å²) in [5.41, 5.74) is -0.238. The molecule has 6 nitrogen and oxygen atoms in total. The smallest absolute Gasteiger partial charge is 0.435 e. The Kier molecular flexibility index (Phi) is 5.93. The van der Waals surface area contributed by atoms with Crippen molar-refractivity contribution in [3.63, 3.8) is 0 Å². The molecule has 0 atom stereocenters. The van der Waals surface area contributed by atoms with Gasteiger partial charge in [-0.05, 0) is 23.8 Å². The maximum atomic E-state index is 13.1. The largest absolute Gasteiger partial charge is 0.438 e. The number of benzene rings is 1. The standard InChI is InChI=1S/C12H12BF6NO5S/c13-4-7-3-6(1-2-8(7)20)9(21)25-10(11(14,15)16,12(17,18)19)5-26(22,23)24/h1-3H,4-5,13,20H2,(H,22,23,24). The summed E-state index contributed by atoms with van der Waals surface area (Å²) < 4.78 is 112. The number of hydrogen-bond acceptors (Lipinski definition) is 5. The van der Waals surface area contributed by atoms with E-state index in [1.165, 1.54) is 0 Å². The predicted octanol–water partition coefficient (Wildman–Crippen LogP) is 1.31. The number of esters is 1. The van der Waals surface area contributed by atoms with Crippen LogP contribution < -0.4 is 5.73 Å². The lowest BCUT2D eigenvalue weighted by Gasteiger charge is -2.35. The second-order valence-electron chi connectivity index (χ2n) is 5.21. The number of hydrogen-bond donors (Lipinski definition) is 2. The molecule has 0 bridgehead atoms. The molecule has 0 radical (unpaired) electrons. The first-order valence-corrected chi connectivity index (χ1v) is 8.35. The van der Waals surface area contributed by atoms with Gasteiger partial charge >= 0.3 is 23.9 Å². The van der Waals surface area contributed by atoms with E-state index in [-0.39, 0.29) is 17.6 Å². The fourth-order valence-electron chi connectivity index (χ4n) is 1.98. The van der Waals surface area contributed by atoms with Crippen LogP contribution >= 0.6 is 0 Å². The summed E-state index contributed by atoms with van der Waals surface area (Å²) in [6.45, 7) is 0. The zero-order chi connectivity index (χ0) is 20.6. The monoisotopic (exact) mass is 407 g/mol. The van der Waals surface area contributed by atoms with Gasteiger partial charge in [-0.1, -0.05) is 6.32 Å². The van der Waals surface area contributed by atoms with Gasteiger partial charge in [0.05, 0.1) is 5.56 Å². The molecule has 3 N–H and O–H groups in total. The topological polar surface area (TPSA) is 107 Å². The Balaban J connectivity index is 3.48. The number of nitrogens with two attached hydrogens (primary N) is 1. The number of halogens is 6. The number of alkyl halides is 6. The molecule has 0 saturated carbocycles. The second kappa shape index (κ2) is 6.98. The normalized spacial score (nSPS) is 13.5. The van der Waals surface area contributed by atoms with E-state index in [9.17, 15) is 39.6 Å². The first kappa shape index (κ1) is 22.1. The Morgan fingerprint density at radius 2 is 1.65 bits per heavy atom. The van der Waals surface area contributed by atoms with E-state index in [4.69, 9.17) is 10.3 Å². The molecule has 1 aromatic rings. The van der Waals surface area contributed by atoms with Gasteiger partial charge in [0.1, 0.15) is 13.6 Å². The highest BCUT2D eigenvalue weighted by Gasteiger charge is 2.76. The molecule has 0 aromatic heterocycles. The van der Waals surface area contributed by atoms with E-state index >= 15 is 0 Å². The Morgan fingerprint density at radius 3 is 2.04 bits per heavy atom. The summed E-state index contributed by atoms with van der Waals surface area (Å²) >= 11 is 0. The van der Waals surface area contributed by atoms with Gasteiger partial charge in [0.15, 0.2) is 0 Å². The lowest BCUT2D eigenvalue weighted by atomic mass is 9.94. The molecule has 0 spiro atoms. The Bertz CT molecular complexity index is 778. The SMILES string of the molecule is BCc1cc(C(=O)OC(CS(=O)(=O)O)(C(F)(F)F)C(F)(F)F)ccc1N. The maximum absolute atomic E-state index is 13.1. The van der Waals surface area contributed by atoms with Crippen LogP contribution in [0.4, 0.5) is 32.0 Å². The third-order valence-corrected chi connectivity index (χ3v) is 4.10. The van der Waals surface area contributed by atoms with Crippen LogP contribution in [0.2, 0.25) is 0 Å². The molecule has 0 aliphatic heterocycles. The molecule has 0 fully saturated rings. The Morgan fingerprint density at radius 1 is 1.15 bits per heavy atom. The second-order valence-corrected chi connectivity index (χ2v) is 6.66. The van der Waals surface area contributed by atoms with E-state index in [1.54, 1.807) is 7.85 Å². The zero-order valence-corrected chi connectivity index (χ0v) is 13.8. The number of anilines is 1. The van der Waals surface area contributed by atoms with Crippen molar-refractivity contribution >= 4 is 29.6 Å². The van der Waals surface area contributed by atoms with Crippen LogP contribution in [0.5, 0.6) is 0 Å². The van der Waals surface area contributed by atoms with Crippen LogP contribution in [-0.2, 0) is 21.2 Å². The minimum Gasteiger partial charge on any atom is -0.435 e. The maximum Gasteiger partial charge on any atom is 0.438 e. The van der Waals surface area contributed by atoms with Gasteiger partial charge in [0.25, 0.3) is 10.1 Å². The summed E-state index contributed by atoms with van der Waals surface area (Å²) in [5.74, 6) is -5.02. The van der Waals surface area contributed by atoms with E-state index in [1.807, 2.05) is 0 Å². The van der Waals surface area contributed by atoms with Gasteiger partial charge in [-0.15, -0.1) is 0 Å². The lowest BCUT2D eigenvalue weighted by Crippen LogP contribution is -2.63. The van der Waals surface area contributed by atoms with Crippen molar-refractivity contribution < 1.29 is 48.8 Å². The van der Waals surface area contributed by atoms with Gasteiger partial charge in [-0.2, -0.15) is 34.8 Å². The third-order valence-electron chi connectivity index (χ3n) is 3.33. The minimum atomic E-state index is -6.38. The summed E-state index contributed by atoms with van der Waals surface area (Å²) in [5, 5.41) is 0. The molecule has 0 heterocycles. The van der Waals surface area contributed by atoms with Crippen molar-refractivity contribution in [2.24, 2.45) is 0 Å². The van der Waals surface area contributed by atoms with Crippen LogP contribution in [0.25, 0.3) is 0 Å². The molecule has 0 aliphatic carbocycles. The van der Waals surface area contributed by atoms with Gasteiger partial charge in [-0.25, -0.2) is 4.79 Å². The van der Waals surface area contributed by atoms with Crippen molar-refractivity contribution in [2.45, 2.75) is 24.3 Å². The summed E-state index contributed by atoms with van der Waals surface area (Å²) in [7, 11) is -4.27. The lowest BCUT2D eigenvalue weighted by molar-refractivity contribution is -0.356. The van der Waals surface area contributed by atoms with Crippen molar-refractivity contribution in [1.82, 2.24) is 0 Å². The zero-order valence-electron chi connectivity index (χ0n) is 13.0. The number of rotatable bonds is 5. The van der Waals surface area contributed by atoms with Gasteiger partial charge in [0.2, 0.25) is 0 Å². The van der Waals surface area contributed by atoms with E-state index in [0.29, 0.717) is 0 Å². The van der Waals surface area contributed by atoms with Crippen LogP contribution in [0.3, 0.4) is 0 Å². The van der Waals surface area contributed by atoms with Crippen molar-refractivity contribution in [2.75, 3.05) is 11.5 Å². The minimum absolute atomic E-state index is 0.139. The van der Waals surface area contributed by atoms with Crippen LogP contribution in [0.1, 0.15) is 15.9 Å². The Labute approximate surface area is 144 Å². The molecular weight excluding hydrogens is 395 g/mol. The van der Waals surface area contributed by atoms with Crippen LogP contribution in [0.15, 0.2) is 18.2 Å². The molecule has 26 heavy (non-hydrogen) atoms. The number of carbonyl (C=O) groups is 1. The van der Waals surface area contributed by atoms with Crippen molar-refractivity contribution in [1.29, 1.82) is 0 Å². The molecule has 0 amide bonds. The number of nitrogen functional groups attached to an aromatic ring is 1. The third kappa shape index (κ3) is 4.61. The quantitative estimate of drug-likeness (QED) is 0.251. The molecule has 0 aliphatic rings. The molecule has 0 saturated heterocycles. The highest BCUT2D eigenvalue weighted by Crippen LogP contribution is 2.47. The van der Waals surface area contributed by atoms with Crippen LogP contribution in [0, 0.1) is 0 Å². The van der Waals surface area contributed by atoms with E-state index in [2.05, 4.69) is 4.74 Å². The molecule has 14 heteroatoms. The van der Waals surface area contributed by atoms with E-state index in [0.717, 1.165) is 18.2 Å². The average molecular weight is 407 g/mol. The molecule has 1 rings (SSSR count). The molecule has 1 aromatic carbocycles. The number of ether oxygens (including phenoxy) is 1. The van der Waals surface area contributed by atoms with E-state index < -0.39 is 45.4 Å². The fraction of sp³-hybridized carbons (Fsp3) is 0.417. The Hall–Kier alpha value is -1.96. The number of carbonyl (C=O) groups excluding carboxylic acids is 1. The first-order valence-electron chi connectivity index (χ1n) is 6.74. The fourth-order valence-corrected chi connectivity index (χ4v) is 2.88. The summed E-state index contributed by atoms with van der Waals surface area (Å²) in [4.78, 5) is 11.9. The molecule has 146 valence electrons. The van der Waals surface area contributed by atoms with Gasteiger partial charge in [-0.3, -0.25) is 4.55 Å². The van der Waals surface area contributed by atoms with Crippen molar-refractivity contribution in [3.05, 3.63) is 29.3 Å². The first-order chi connectivity index (χ1) is 11.5. The highest BCUT2D eigenvalue weighted by molar-refractivity contribution is 7.85. The van der Waals surface area contributed by atoms with Crippen molar-refractivity contribution in [3.8, 4) is 0 Å². The molecule has 0 unspecified atom stereocenters. The van der Waals surface area contributed by atoms with Gasteiger partial charge < -0.3 is 10.5 Å². The summed E-state index contributed by atoms with van der Waals surface area (Å²) in [6.07, 6.45) is -12.5. The van der Waals surface area contributed by atoms with Crippen LogP contribution in [-0.4, -0.2) is 50.5 Å². The average Bonchev–Trinajstić information content (AvgIpc) is 2.43. The highest BCUT2D eigenvalue weighted by atomic mass is 32.2.